The van der Waals surface area contributed by atoms with Crippen molar-refractivity contribution in [2.45, 2.75) is 32.3 Å². The Labute approximate surface area is 99.9 Å². The normalized spacial score (nSPS) is 16.2. The van der Waals surface area contributed by atoms with Gasteiger partial charge in [0.25, 0.3) is 0 Å². The minimum absolute atomic E-state index is 0.267. The van der Waals surface area contributed by atoms with Gasteiger partial charge in [0.1, 0.15) is 11.4 Å². The summed E-state index contributed by atoms with van der Waals surface area (Å²) in [6.45, 7) is 3.43. The number of carboxylic acids is 1. The predicted molar refractivity (Wildman–Crippen MR) is 62.0 cm³/mol. The molecule has 0 amide bonds. The molecule has 2 atom stereocenters. The molecule has 0 aromatic heterocycles. The average molecular weight is 240 g/mol. The van der Waals surface area contributed by atoms with Gasteiger partial charge in [-0.15, -0.1) is 0 Å². The molecule has 1 rings (SSSR count). The van der Waals surface area contributed by atoms with E-state index in [0.717, 1.165) is 0 Å². The van der Waals surface area contributed by atoms with Crippen LogP contribution in [0.3, 0.4) is 0 Å². The highest BCUT2D eigenvalue weighted by molar-refractivity contribution is 5.72. The van der Waals surface area contributed by atoms with Crippen LogP contribution in [0.4, 0.5) is 4.39 Å². The Hall–Kier alpha value is -1.42. The maximum atomic E-state index is 12.8. The van der Waals surface area contributed by atoms with Crippen LogP contribution in [0.5, 0.6) is 0 Å². The number of hydrogen-bond donors (Lipinski definition) is 2. The summed E-state index contributed by atoms with van der Waals surface area (Å²) in [5.74, 6) is -2.34. The summed E-state index contributed by atoms with van der Waals surface area (Å²) in [7, 11) is 0. The second-order valence-electron chi connectivity index (χ2n) is 4.08. The standard InChI is InChI=1S/C13H17FO3/c1-3-11(12(15)16)13(17,4-2)9-5-7-10(14)8-6-9/h5-8,11,17H,3-4H2,1-2H3,(H,15,16). The Morgan fingerprint density at radius 2 is 1.88 bits per heavy atom. The largest absolute Gasteiger partial charge is 0.481 e. The van der Waals surface area contributed by atoms with Crippen LogP contribution in [0.2, 0.25) is 0 Å². The number of carbonyl (C=O) groups is 1. The summed E-state index contributed by atoms with van der Waals surface area (Å²) in [4.78, 5) is 11.1. The van der Waals surface area contributed by atoms with Crippen molar-refractivity contribution in [3.8, 4) is 0 Å². The molecule has 0 spiro atoms. The van der Waals surface area contributed by atoms with Crippen molar-refractivity contribution in [3.63, 3.8) is 0 Å². The van der Waals surface area contributed by atoms with Gasteiger partial charge in [-0.25, -0.2) is 4.39 Å². The molecule has 0 aliphatic carbocycles. The van der Waals surface area contributed by atoms with Gasteiger partial charge in [0.2, 0.25) is 0 Å². The minimum atomic E-state index is -1.45. The first-order valence-corrected chi connectivity index (χ1v) is 5.67. The highest BCUT2D eigenvalue weighted by Crippen LogP contribution is 2.35. The summed E-state index contributed by atoms with van der Waals surface area (Å²) in [6, 6.07) is 5.32. The molecule has 0 saturated carbocycles. The summed E-state index contributed by atoms with van der Waals surface area (Å²) in [6.07, 6.45) is 0.584. The van der Waals surface area contributed by atoms with Gasteiger partial charge in [-0.2, -0.15) is 0 Å². The lowest BCUT2D eigenvalue weighted by molar-refractivity contribution is -0.153. The second kappa shape index (κ2) is 5.27. The van der Waals surface area contributed by atoms with E-state index in [2.05, 4.69) is 0 Å². The lowest BCUT2D eigenvalue weighted by Crippen LogP contribution is -2.39. The highest BCUT2D eigenvalue weighted by atomic mass is 19.1. The summed E-state index contributed by atoms with van der Waals surface area (Å²) in [5.41, 5.74) is -1.01. The molecule has 2 unspecified atom stereocenters. The molecule has 2 N–H and O–H groups in total. The van der Waals surface area contributed by atoms with Crippen LogP contribution in [-0.2, 0) is 10.4 Å². The molecule has 0 heterocycles. The zero-order valence-corrected chi connectivity index (χ0v) is 9.98. The maximum absolute atomic E-state index is 12.8. The minimum Gasteiger partial charge on any atom is -0.481 e. The van der Waals surface area contributed by atoms with Gasteiger partial charge in [-0.3, -0.25) is 4.79 Å². The van der Waals surface area contributed by atoms with Crippen molar-refractivity contribution in [1.29, 1.82) is 0 Å². The lowest BCUT2D eigenvalue weighted by Gasteiger charge is -2.32. The van der Waals surface area contributed by atoms with Gasteiger partial charge in [0.15, 0.2) is 0 Å². The quantitative estimate of drug-likeness (QED) is 0.831. The predicted octanol–water partition coefficient (Wildman–Crippen LogP) is 2.53. The van der Waals surface area contributed by atoms with E-state index < -0.39 is 23.3 Å². The zero-order chi connectivity index (χ0) is 13.1. The van der Waals surface area contributed by atoms with E-state index in [1.807, 2.05) is 0 Å². The molecule has 0 fully saturated rings. The van der Waals surface area contributed by atoms with Gasteiger partial charge in [0.05, 0.1) is 5.92 Å². The molecule has 1 aromatic carbocycles. The van der Waals surface area contributed by atoms with Crippen LogP contribution in [-0.4, -0.2) is 16.2 Å². The van der Waals surface area contributed by atoms with Crippen LogP contribution in [0.1, 0.15) is 32.3 Å². The molecule has 3 nitrogen and oxygen atoms in total. The van der Waals surface area contributed by atoms with E-state index in [1.54, 1.807) is 13.8 Å². The van der Waals surface area contributed by atoms with Crippen LogP contribution in [0.15, 0.2) is 24.3 Å². The van der Waals surface area contributed by atoms with Crippen molar-refractivity contribution >= 4 is 5.97 Å². The van der Waals surface area contributed by atoms with Crippen LogP contribution < -0.4 is 0 Å². The third kappa shape index (κ3) is 2.64. The maximum Gasteiger partial charge on any atom is 0.309 e. The summed E-state index contributed by atoms with van der Waals surface area (Å²) >= 11 is 0. The molecule has 4 heteroatoms. The first kappa shape index (κ1) is 13.6. The molecule has 17 heavy (non-hydrogen) atoms. The molecule has 94 valence electrons. The van der Waals surface area contributed by atoms with Gasteiger partial charge in [-0.1, -0.05) is 26.0 Å². The molecule has 1 aromatic rings. The Balaban J connectivity index is 3.18. The van der Waals surface area contributed by atoms with Gasteiger partial charge < -0.3 is 10.2 Å². The number of hydrogen-bond acceptors (Lipinski definition) is 2. The van der Waals surface area contributed by atoms with Gasteiger partial charge >= 0.3 is 5.97 Å². The third-order valence-electron chi connectivity index (χ3n) is 3.17. The van der Waals surface area contributed by atoms with E-state index >= 15 is 0 Å². The molecule has 0 radical (unpaired) electrons. The Bertz CT molecular complexity index is 388. The fourth-order valence-electron chi connectivity index (χ4n) is 2.11. The molecular weight excluding hydrogens is 223 g/mol. The first-order valence-electron chi connectivity index (χ1n) is 5.67. The van der Waals surface area contributed by atoms with E-state index in [-0.39, 0.29) is 6.42 Å². The van der Waals surface area contributed by atoms with E-state index in [0.29, 0.717) is 12.0 Å². The number of aliphatic hydroxyl groups is 1. The molecule has 0 bridgehead atoms. The Morgan fingerprint density at radius 3 is 2.24 bits per heavy atom. The number of benzene rings is 1. The SMILES string of the molecule is CCC(C(=O)O)C(O)(CC)c1ccc(F)cc1. The fraction of sp³-hybridized carbons (Fsp3) is 0.462. The van der Waals surface area contributed by atoms with Crippen molar-refractivity contribution in [1.82, 2.24) is 0 Å². The van der Waals surface area contributed by atoms with Crippen LogP contribution in [0.25, 0.3) is 0 Å². The number of halogens is 1. The highest BCUT2D eigenvalue weighted by Gasteiger charge is 2.40. The van der Waals surface area contributed by atoms with Gasteiger partial charge in [0, 0.05) is 0 Å². The monoisotopic (exact) mass is 240 g/mol. The van der Waals surface area contributed by atoms with Crippen LogP contribution >= 0.6 is 0 Å². The van der Waals surface area contributed by atoms with Gasteiger partial charge in [-0.05, 0) is 30.5 Å². The summed E-state index contributed by atoms with van der Waals surface area (Å²) < 4.78 is 12.8. The number of rotatable bonds is 5. The number of carboxylic acid groups (broad SMARTS) is 1. The van der Waals surface area contributed by atoms with E-state index in [1.165, 1.54) is 24.3 Å². The molecule has 0 aliphatic rings. The molecule has 0 aliphatic heterocycles. The lowest BCUT2D eigenvalue weighted by atomic mass is 9.78. The molecule has 0 saturated heterocycles. The first-order chi connectivity index (χ1) is 7.95. The molecular formula is C13H17FO3. The van der Waals surface area contributed by atoms with Crippen molar-refractivity contribution < 1.29 is 19.4 Å². The van der Waals surface area contributed by atoms with E-state index in [4.69, 9.17) is 5.11 Å². The fourth-order valence-corrected chi connectivity index (χ4v) is 2.11. The second-order valence-corrected chi connectivity index (χ2v) is 4.08. The van der Waals surface area contributed by atoms with Crippen molar-refractivity contribution in [3.05, 3.63) is 35.6 Å². The Morgan fingerprint density at radius 1 is 1.35 bits per heavy atom. The van der Waals surface area contributed by atoms with Crippen molar-refractivity contribution in [2.24, 2.45) is 5.92 Å². The van der Waals surface area contributed by atoms with E-state index in [9.17, 15) is 14.3 Å². The average Bonchev–Trinajstić information content (AvgIpc) is 2.29. The summed E-state index contributed by atoms with van der Waals surface area (Å²) in [5, 5.41) is 19.6. The van der Waals surface area contributed by atoms with Crippen molar-refractivity contribution in [2.75, 3.05) is 0 Å². The zero-order valence-electron chi connectivity index (χ0n) is 9.98. The number of aliphatic carboxylic acids is 1. The van der Waals surface area contributed by atoms with Crippen LogP contribution in [0, 0.1) is 11.7 Å². The Kier molecular flexibility index (Phi) is 4.23. The topological polar surface area (TPSA) is 57.5 Å². The smallest absolute Gasteiger partial charge is 0.309 e. The third-order valence-corrected chi connectivity index (χ3v) is 3.17.